The first kappa shape index (κ1) is 17.5. The van der Waals surface area contributed by atoms with Gasteiger partial charge in [-0.1, -0.05) is 44.2 Å². The summed E-state index contributed by atoms with van der Waals surface area (Å²) in [5, 5.41) is 3.02. The third kappa shape index (κ3) is 5.08. The van der Waals surface area contributed by atoms with Crippen molar-refractivity contribution in [2.24, 2.45) is 11.8 Å². The summed E-state index contributed by atoms with van der Waals surface area (Å²) in [6, 6.07) is 10.2. The molecule has 1 fully saturated rings. The number of hydrogen-bond donors (Lipinski definition) is 1. The van der Waals surface area contributed by atoms with Gasteiger partial charge < -0.3 is 10.2 Å². The van der Waals surface area contributed by atoms with Crippen molar-refractivity contribution >= 4 is 11.8 Å². The van der Waals surface area contributed by atoms with Crippen LogP contribution < -0.4 is 5.32 Å². The monoisotopic (exact) mass is 316 g/mol. The van der Waals surface area contributed by atoms with Gasteiger partial charge in [-0.05, 0) is 24.8 Å². The van der Waals surface area contributed by atoms with Gasteiger partial charge >= 0.3 is 0 Å². The van der Waals surface area contributed by atoms with Gasteiger partial charge in [0.1, 0.15) is 0 Å². The van der Waals surface area contributed by atoms with Crippen molar-refractivity contribution in [3.8, 4) is 0 Å². The molecule has 4 nitrogen and oxygen atoms in total. The van der Waals surface area contributed by atoms with Gasteiger partial charge in [-0.15, -0.1) is 0 Å². The van der Waals surface area contributed by atoms with E-state index in [1.807, 2.05) is 36.9 Å². The van der Waals surface area contributed by atoms with Crippen molar-refractivity contribution in [2.75, 3.05) is 19.6 Å². The van der Waals surface area contributed by atoms with Crippen LogP contribution >= 0.6 is 0 Å². The molecule has 1 aliphatic rings. The highest BCUT2D eigenvalue weighted by atomic mass is 16.2. The summed E-state index contributed by atoms with van der Waals surface area (Å²) in [5.74, 6) is 0.686. The van der Waals surface area contributed by atoms with Gasteiger partial charge in [0.05, 0.1) is 0 Å². The SMILES string of the molecule is CCC(CC)C(=O)NCC1CC(=O)N(CCc2ccccc2)C1. The molecule has 126 valence electrons. The molecule has 4 heteroatoms. The van der Waals surface area contributed by atoms with Gasteiger partial charge in [-0.3, -0.25) is 9.59 Å². The molecule has 1 atom stereocenters. The van der Waals surface area contributed by atoms with E-state index in [1.165, 1.54) is 5.56 Å². The molecular formula is C19H28N2O2. The van der Waals surface area contributed by atoms with Gasteiger partial charge in [0, 0.05) is 37.9 Å². The zero-order chi connectivity index (χ0) is 16.7. The van der Waals surface area contributed by atoms with E-state index in [1.54, 1.807) is 0 Å². The number of nitrogens with zero attached hydrogens (tertiary/aromatic N) is 1. The predicted octanol–water partition coefficient (Wildman–Crippen LogP) is 2.63. The molecule has 1 N–H and O–H groups in total. The summed E-state index contributed by atoms with van der Waals surface area (Å²) in [7, 11) is 0. The molecule has 1 aromatic carbocycles. The molecule has 0 spiro atoms. The fourth-order valence-electron chi connectivity index (χ4n) is 3.16. The lowest BCUT2D eigenvalue weighted by Crippen LogP contribution is -2.35. The second-order valence-electron chi connectivity index (χ2n) is 6.40. The van der Waals surface area contributed by atoms with Crippen LogP contribution in [0.5, 0.6) is 0 Å². The van der Waals surface area contributed by atoms with E-state index in [4.69, 9.17) is 0 Å². The van der Waals surface area contributed by atoms with Crippen LogP contribution in [0.4, 0.5) is 0 Å². The molecule has 2 rings (SSSR count). The summed E-state index contributed by atoms with van der Waals surface area (Å²) in [6.07, 6.45) is 3.18. The Balaban J connectivity index is 1.75. The predicted molar refractivity (Wildman–Crippen MR) is 91.9 cm³/mol. The maximum atomic E-state index is 12.1. The largest absolute Gasteiger partial charge is 0.356 e. The molecule has 0 aromatic heterocycles. The highest BCUT2D eigenvalue weighted by Gasteiger charge is 2.29. The topological polar surface area (TPSA) is 49.4 Å². The molecule has 0 saturated carbocycles. The van der Waals surface area contributed by atoms with Crippen molar-refractivity contribution in [1.29, 1.82) is 0 Å². The summed E-state index contributed by atoms with van der Waals surface area (Å²) in [6.45, 7) is 6.22. The first-order chi connectivity index (χ1) is 11.1. The van der Waals surface area contributed by atoms with E-state index in [9.17, 15) is 9.59 Å². The van der Waals surface area contributed by atoms with E-state index < -0.39 is 0 Å². The minimum absolute atomic E-state index is 0.0984. The zero-order valence-electron chi connectivity index (χ0n) is 14.3. The van der Waals surface area contributed by atoms with Gasteiger partial charge in [0.25, 0.3) is 0 Å². The van der Waals surface area contributed by atoms with Gasteiger partial charge in [-0.2, -0.15) is 0 Å². The van der Waals surface area contributed by atoms with Gasteiger partial charge in [0.15, 0.2) is 0 Å². The zero-order valence-corrected chi connectivity index (χ0v) is 14.3. The molecule has 1 unspecified atom stereocenters. The maximum Gasteiger partial charge on any atom is 0.223 e. The lowest BCUT2D eigenvalue weighted by molar-refractivity contribution is -0.128. The van der Waals surface area contributed by atoms with Crippen LogP contribution in [0.1, 0.15) is 38.7 Å². The molecule has 1 saturated heterocycles. The standard InChI is InChI=1S/C19H28N2O2/c1-3-17(4-2)19(23)20-13-16-12-18(22)21(14-16)11-10-15-8-6-5-7-9-15/h5-9,16-17H,3-4,10-14H2,1-2H3,(H,20,23). The molecule has 0 aliphatic carbocycles. The van der Waals surface area contributed by atoms with Crippen LogP contribution in [0.25, 0.3) is 0 Å². The Morgan fingerprint density at radius 2 is 1.96 bits per heavy atom. The lowest BCUT2D eigenvalue weighted by Gasteiger charge is -2.18. The molecule has 0 bridgehead atoms. The highest BCUT2D eigenvalue weighted by molar-refractivity contribution is 5.80. The summed E-state index contributed by atoms with van der Waals surface area (Å²) in [5.41, 5.74) is 1.26. The number of nitrogens with one attached hydrogen (secondary N) is 1. The van der Waals surface area contributed by atoms with Crippen LogP contribution in [-0.2, 0) is 16.0 Å². The summed E-state index contributed by atoms with van der Waals surface area (Å²) >= 11 is 0. The normalized spacial score (nSPS) is 17.8. The van der Waals surface area contributed by atoms with E-state index in [0.29, 0.717) is 13.0 Å². The number of amides is 2. The fraction of sp³-hybridized carbons (Fsp3) is 0.579. The second-order valence-corrected chi connectivity index (χ2v) is 6.40. The molecule has 23 heavy (non-hydrogen) atoms. The number of carbonyl (C=O) groups excluding carboxylic acids is 2. The van der Waals surface area contributed by atoms with Crippen molar-refractivity contribution in [1.82, 2.24) is 10.2 Å². The smallest absolute Gasteiger partial charge is 0.223 e. The average molecular weight is 316 g/mol. The molecule has 1 aliphatic heterocycles. The van der Waals surface area contributed by atoms with Crippen molar-refractivity contribution in [2.45, 2.75) is 39.5 Å². The number of hydrogen-bond acceptors (Lipinski definition) is 2. The van der Waals surface area contributed by atoms with Crippen LogP contribution in [0.3, 0.4) is 0 Å². The Bertz CT molecular complexity index is 511. The summed E-state index contributed by atoms with van der Waals surface area (Å²) < 4.78 is 0. The van der Waals surface area contributed by atoms with Crippen molar-refractivity contribution in [3.05, 3.63) is 35.9 Å². The first-order valence-corrected chi connectivity index (χ1v) is 8.73. The van der Waals surface area contributed by atoms with Crippen LogP contribution in [0.15, 0.2) is 30.3 Å². The molecule has 2 amide bonds. The number of benzene rings is 1. The van der Waals surface area contributed by atoms with E-state index in [2.05, 4.69) is 17.4 Å². The van der Waals surface area contributed by atoms with E-state index >= 15 is 0 Å². The Morgan fingerprint density at radius 1 is 1.26 bits per heavy atom. The Labute approximate surface area is 139 Å². The fourth-order valence-corrected chi connectivity index (χ4v) is 3.16. The number of rotatable bonds is 8. The molecule has 1 aromatic rings. The van der Waals surface area contributed by atoms with Gasteiger partial charge in [0.2, 0.25) is 11.8 Å². The van der Waals surface area contributed by atoms with Crippen molar-refractivity contribution < 1.29 is 9.59 Å². The van der Waals surface area contributed by atoms with Crippen LogP contribution in [0, 0.1) is 11.8 Å². The third-order valence-corrected chi connectivity index (χ3v) is 4.73. The Morgan fingerprint density at radius 3 is 2.61 bits per heavy atom. The van der Waals surface area contributed by atoms with Gasteiger partial charge in [-0.25, -0.2) is 0 Å². The number of likely N-dealkylation sites (tertiary alicyclic amines) is 1. The highest BCUT2D eigenvalue weighted by Crippen LogP contribution is 2.18. The van der Waals surface area contributed by atoms with Crippen LogP contribution in [0.2, 0.25) is 0 Å². The Kier molecular flexibility index (Phi) is 6.63. The minimum atomic E-state index is 0.0984. The maximum absolute atomic E-state index is 12.1. The average Bonchev–Trinajstić information content (AvgIpc) is 2.93. The second kappa shape index (κ2) is 8.70. The molecule has 0 radical (unpaired) electrons. The molecule has 1 heterocycles. The summed E-state index contributed by atoms with van der Waals surface area (Å²) in [4.78, 5) is 26.1. The first-order valence-electron chi connectivity index (χ1n) is 8.73. The van der Waals surface area contributed by atoms with Crippen LogP contribution in [-0.4, -0.2) is 36.3 Å². The van der Waals surface area contributed by atoms with E-state index in [0.717, 1.165) is 32.4 Å². The quantitative estimate of drug-likeness (QED) is 0.801. The Hall–Kier alpha value is -1.84. The number of carbonyl (C=O) groups is 2. The van der Waals surface area contributed by atoms with E-state index in [-0.39, 0.29) is 23.7 Å². The minimum Gasteiger partial charge on any atom is -0.356 e. The molecular weight excluding hydrogens is 288 g/mol. The van der Waals surface area contributed by atoms with Crippen molar-refractivity contribution in [3.63, 3.8) is 0 Å². The lowest BCUT2D eigenvalue weighted by atomic mass is 10.0. The third-order valence-electron chi connectivity index (χ3n) is 4.73.